The minimum absolute atomic E-state index is 0.163. The number of hydrogen-bond acceptors (Lipinski definition) is 3. The Labute approximate surface area is 98.3 Å². The van der Waals surface area contributed by atoms with Gasteiger partial charge in [-0.3, -0.25) is 4.68 Å². The summed E-state index contributed by atoms with van der Waals surface area (Å²) in [6.07, 6.45) is 3.51. The summed E-state index contributed by atoms with van der Waals surface area (Å²) in [7, 11) is 1.81. The van der Waals surface area contributed by atoms with Gasteiger partial charge in [0.25, 0.3) is 0 Å². The van der Waals surface area contributed by atoms with Crippen LogP contribution in [-0.4, -0.2) is 20.9 Å². The number of rotatable bonds is 4. The number of aryl methyl sites for hydroxylation is 1. The molecule has 0 aliphatic heterocycles. The average molecular weight is 232 g/mol. The van der Waals surface area contributed by atoms with Gasteiger partial charge in [0.05, 0.1) is 6.20 Å². The summed E-state index contributed by atoms with van der Waals surface area (Å²) in [6.45, 7) is 0.304. The Morgan fingerprint density at radius 1 is 1.47 bits per heavy atom. The number of carboxylic acid groups (broad SMARTS) is 1. The van der Waals surface area contributed by atoms with Crippen LogP contribution >= 0.6 is 0 Å². The SMILES string of the molecule is Cn1cc(COc2ccccc2C(=O)O)cn1. The van der Waals surface area contributed by atoms with Gasteiger partial charge in [0.2, 0.25) is 0 Å². The number of carboxylic acids is 1. The number of carbonyl (C=O) groups is 1. The van der Waals surface area contributed by atoms with Crippen LogP contribution < -0.4 is 4.74 Å². The maximum Gasteiger partial charge on any atom is 0.339 e. The number of nitrogens with zero attached hydrogens (tertiary/aromatic N) is 2. The number of hydrogen-bond donors (Lipinski definition) is 1. The summed E-state index contributed by atoms with van der Waals surface area (Å²) >= 11 is 0. The van der Waals surface area contributed by atoms with E-state index in [1.165, 1.54) is 6.07 Å². The van der Waals surface area contributed by atoms with Gasteiger partial charge < -0.3 is 9.84 Å². The summed E-state index contributed by atoms with van der Waals surface area (Å²) < 4.78 is 7.13. The molecule has 1 aromatic carbocycles. The molecule has 17 heavy (non-hydrogen) atoms. The first kappa shape index (κ1) is 11.2. The van der Waals surface area contributed by atoms with Crippen LogP contribution in [0.1, 0.15) is 15.9 Å². The molecule has 0 spiro atoms. The van der Waals surface area contributed by atoms with Gasteiger partial charge in [-0.2, -0.15) is 5.10 Å². The zero-order valence-corrected chi connectivity index (χ0v) is 9.33. The highest BCUT2D eigenvalue weighted by Gasteiger charge is 2.10. The van der Waals surface area contributed by atoms with Crippen molar-refractivity contribution in [1.29, 1.82) is 0 Å². The van der Waals surface area contributed by atoms with Crippen molar-refractivity contribution in [3.63, 3.8) is 0 Å². The van der Waals surface area contributed by atoms with E-state index in [1.807, 2.05) is 13.2 Å². The van der Waals surface area contributed by atoms with E-state index in [1.54, 1.807) is 29.1 Å². The Kier molecular flexibility index (Phi) is 3.09. The maximum absolute atomic E-state index is 10.9. The van der Waals surface area contributed by atoms with Crippen LogP contribution in [0.5, 0.6) is 5.75 Å². The molecule has 5 heteroatoms. The zero-order valence-electron chi connectivity index (χ0n) is 9.33. The molecule has 0 atom stereocenters. The first-order chi connectivity index (χ1) is 8.16. The largest absolute Gasteiger partial charge is 0.488 e. The highest BCUT2D eigenvalue weighted by Crippen LogP contribution is 2.18. The van der Waals surface area contributed by atoms with Crippen molar-refractivity contribution >= 4 is 5.97 Å². The van der Waals surface area contributed by atoms with E-state index >= 15 is 0 Å². The van der Waals surface area contributed by atoms with Gasteiger partial charge in [-0.05, 0) is 12.1 Å². The van der Waals surface area contributed by atoms with Crippen molar-refractivity contribution in [3.05, 3.63) is 47.8 Å². The van der Waals surface area contributed by atoms with Crippen LogP contribution in [0.2, 0.25) is 0 Å². The predicted octanol–water partition coefficient (Wildman–Crippen LogP) is 1.70. The van der Waals surface area contributed by atoms with Crippen LogP contribution in [0.3, 0.4) is 0 Å². The van der Waals surface area contributed by atoms with E-state index in [0.29, 0.717) is 12.4 Å². The van der Waals surface area contributed by atoms with Crippen LogP contribution in [0, 0.1) is 0 Å². The van der Waals surface area contributed by atoms with E-state index in [0.717, 1.165) is 5.56 Å². The predicted molar refractivity (Wildman–Crippen MR) is 60.9 cm³/mol. The molecule has 0 amide bonds. The van der Waals surface area contributed by atoms with E-state index in [4.69, 9.17) is 9.84 Å². The molecular formula is C12H12N2O3. The third-order valence-corrected chi connectivity index (χ3v) is 2.27. The standard InChI is InChI=1S/C12H12N2O3/c1-14-7-9(6-13-14)8-17-11-5-3-2-4-10(11)12(15)16/h2-7H,8H2,1H3,(H,15,16). The zero-order chi connectivity index (χ0) is 12.3. The van der Waals surface area contributed by atoms with E-state index in [-0.39, 0.29) is 5.56 Å². The second kappa shape index (κ2) is 4.69. The van der Waals surface area contributed by atoms with E-state index < -0.39 is 5.97 Å². The first-order valence-corrected chi connectivity index (χ1v) is 5.09. The van der Waals surface area contributed by atoms with E-state index in [9.17, 15) is 4.79 Å². The van der Waals surface area contributed by atoms with Gasteiger partial charge in [0, 0.05) is 18.8 Å². The number of benzene rings is 1. The molecule has 2 rings (SSSR count). The van der Waals surface area contributed by atoms with Crippen LogP contribution in [0.25, 0.3) is 0 Å². The van der Waals surface area contributed by atoms with Crippen molar-refractivity contribution < 1.29 is 14.6 Å². The van der Waals surface area contributed by atoms with Gasteiger partial charge in [-0.15, -0.1) is 0 Å². The number of para-hydroxylation sites is 1. The number of aromatic nitrogens is 2. The summed E-state index contributed by atoms with van der Waals surface area (Å²) in [6, 6.07) is 6.56. The average Bonchev–Trinajstić information content (AvgIpc) is 2.73. The molecular weight excluding hydrogens is 220 g/mol. The van der Waals surface area contributed by atoms with Gasteiger partial charge in [0.1, 0.15) is 17.9 Å². The van der Waals surface area contributed by atoms with Crippen molar-refractivity contribution in [2.75, 3.05) is 0 Å². The van der Waals surface area contributed by atoms with Crippen molar-refractivity contribution in [1.82, 2.24) is 9.78 Å². The van der Waals surface area contributed by atoms with Crippen molar-refractivity contribution in [2.24, 2.45) is 7.05 Å². The Balaban J connectivity index is 2.11. The highest BCUT2D eigenvalue weighted by molar-refractivity contribution is 5.90. The molecule has 0 aliphatic rings. The molecule has 0 bridgehead atoms. The normalized spacial score (nSPS) is 10.2. The molecule has 88 valence electrons. The fraction of sp³-hybridized carbons (Fsp3) is 0.167. The smallest absolute Gasteiger partial charge is 0.339 e. The topological polar surface area (TPSA) is 64.3 Å². The lowest BCUT2D eigenvalue weighted by molar-refractivity contribution is 0.0692. The van der Waals surface area contributed by atoms with Crippen LogP contribution in [0.4, 0.5) is 0 Å². The minimum Gasteiger partial charge on any atom is -0.488 e. The minimum atomic E-state index is -0.994. The summed E-state index contributed by atoms with van der Waals surface area (Å²) in [5.41, 5.74) is 1.06. The Morgan fingerprint density at radius 2 is 2.24 bits per heavy atom. The van der Waals surface area contributed by atoms with Gasteiger partial charge in [-0.1, -0.05) is 12.1 Å². The maximum atomic E-state index is 10.9. The van der Waals surface area contributed by atoms with Crippen molar-refractivity contribution in [3.8, 4) is 5.75 Å². The monoisotopic (exact) mass is 232 g/mol. The fourth-order valence-electron chi connectivity index (χ4n) is 1.48. The quantitative estimate of drug-likeness (QED) is 0.871. The van der Waals surface area contributed by atoms with Gasteiger partial charge >= 0.3 is 5.97 Å². The third kappa shape index (κ3) is 2.63. The number of ether oxygens (including phenoxy) is 1. The lowest BCUT2D eigenvalue weighted by Crippen LogP contribution is -2.02. The summed E-state index contributed by atoms with van der Waals surface area (Å²) in [4.78, 5) is 10.9. The molecule has 0 fully saturated rings. The molecule has 1 N–H and O–H groups in total. The molecule has 0 saturated heterocycles. The Morgan fingerprint density at radius 3 is 2.88 bits per heavy atom. The van der Waals surface area contributed by atoms with Crippen LogP contribution in [0.15, 0.2) is 36.7 Å². The van der Waals surface area contributed by atoms with E-state index in [2.05, 4.69) is 5.10 Å². The summed E-state index contributed by atoms with van der Waals surface area (Å²) in [5.74, 6) is -0.629. The lowest BCUT2D eigenvalue weighted by atomic mass is 10.2. The molecule has 5 nitrogen and oxygen atoms in total. The molecule has 0 radical (unpaired) electrons. The van der Waals surface area contributed by atoms with Gasteiger partial charge in [0.15, 0.2) is 0 Å². The number of aromatic carboxylic acids is 1. The molecule has 0 saturated carbocycles. The van der Waals surface area contributed by atoms with Crippen LogP contribution in [-0.2, 0) is 13.7 Å². The lowest BCUT2D eigenvalue weighted by Gasteiger charge is -2.07. The Hall–Kier alpha value is -2.30. The molecule has 2 aromatic rings. The first-order valence-electron chi connectivity index (χ1n) is 5.09. The molecule has 1 aromatic heterocycles. The third-order valence-electron chi connectivity index (χ3n) is 2.27. The molecule has 0 aliphatic carbocycles. The van der Waals surface area contributed by atoms with Crippen molar-refractivity contribution in [2.45, 2.75) is 6.61 Å². The molecule has 0 unspecified atom stereocenters. The second-order valence-electron chi connectivity index (χ2n) is 3.61. The highest BCUT2D eigenvalue weighted by atomic mass is 16.5. The Bertz CT molecular complexity index is 534. The fourth-order valence-corrected chi connectivity index (χ4v) is 1.48. The summed E-state index contributed by atoms with van der Waals surface area (Å²) in [5, 5.41) is 13.0. The molecule has 1 heterocycles. The second-order valence-corrected chi connectivity index (χ2v) is 3.61. The van der Waals surface area contributed by atoms with Gasteiger partial charge in [-0.25, -0.2) is 4.79 Å².